The number of nitrogens with two attached hydrogens (primary N) is 1. The van der Waals surface area contributed by atoms with Gasteiger partial charge in [-0.3, -0.25) is 4.79 Å². The molecule has 0 heterocycles. The lowest BCUT2D eigenvalue weighted by molar-refractivity contribution is -0.137. The molecule has 1 amide bonds. The van der Waals surface area contributed by atoms with Crippen molar-refractivity contribution in [1.82, 2.24) is 0 Å². The third-order valence-corrected chi connectivity index (χ3v) is 2.39. The molecule has 0 bridgehead atoms. The highest BCUT2D eigenvalue weighted by Crippen LogP contribution is 2.33. The van der Waals surface area contributed by atoms with Crippen molar-refractivity contribution < 1.29 is 18.0 Å². The van der Waals surface area contributed by atoms with Crippen LogP contribution in [0.4, 0.5) is 18.9 Å². The number of halogens is 4. The summed E-state index contributed by atoms with van der Waals surface area (Å²) in [5.41, 5.74) is 4.38. The summed E-state index contributed by atoms with van der Waals surface area (Å²) in [4.78, 5) is 11.5. The maximum atomic E-state index is 12.5. The lowest BCUT2D eigenvalue weighted by Gasteiger charge is -2.13. The molecule has 1 aromatic rings. The van der Waals surface area contributed by atoms with Crippen LogP contribution in [0.2, 0.25) is 5.02 Å². The molecular formula is C12H10ClF3N2O. The van der Waals surface area contributed by atoms with E-state index in [9.17, 15) is 18.0 Å². The van der Waals surface area contributed by atoms with E-state index >= 15 is 0 Å². The van der Waals surface area contributed by atoms with Crippen LogP contribution in [0.3, 0.4) is 0 Å². The van der Waals surface area contributed by atoms with Crippen molar-refractivity contribution in [2.75, 3.05) is 5.32 Å². The Hall–Kier alpha value is -1.71. The molecule has 0 aromatic heterocycles. The summed E-state index contributed by atoms with van der Waals surface area (Å²) in [5, 5.41) is 2.09. The molecule has 3 N–H and O–H groups in total. The Morgan fingerprint density at radius 1 is 1.47 bits per heavy atom. The van der Waals surface area contributed by atoms with E-state index in [1.807, 2.05) is 0 Å². The number of anilines is 1. The predicted octanol–water partition coefficient (Wildman–Crippen LogP) is 2.65. The van der Waals surface area contributed by atoms with Gasteiger partial charge in [-0.25, -0.2) is 0 Å². The fraction of sp³-hybridized carbons (Fsp3) is 0.250. The molecule has 0 aliphatic heterocycles. The van der Waals surface area contributed by atoms with E-state index in [1.165, 1.54) is 6.07 Å². The lowest BCUT2D eigenvalue weighted by atomic mass is 10.1. The van der Waals surface area contributed by atoms with E-state index in [4.69, 9.17) is 23.8 Å². The van der Waals surface area contributed by atoms with Crippen LogP contribution in [0.15, 0.2) is 18.2 Å². The maximum Gasteiger partial charge on any atom is 0.416 e. The van der Waals surface area contributed by atoms with E-state index in [1.54, 1.807) is 0 Å². The number of terminal acetylenes is 1. The molecular weight excluding hydrogens is 281 g/mol. The summed E-state index contributed by atoms with van der Waals surface area (Å²) in [6.07, 6.45) is 0.420. The summed E-state index contributed by atoms with van der Waals surface area (Å²) in [5.74, 6) is 1.52. The average molecular weight is 291 g/mol. The Bertz CT molecular complexity index is 523. The molecule has 3 nitrogen and oxygen atoms in total. The van der Waals surface area contributed by atoms with Gasteiger partial charge in [0, 0.05) is 17.1 Å². The first-order valence-corrected chi connectivity index (χ1v) is 5.49. The Kier molecular flexibility index (Phi) is 4.81. The van der Waals surface area contributed by atoms with Gasteiger partial charge in [-0.15, -0.1) is 12.3 Å². The van der Waals surface area contributed by atoms with Gasteiger partial charge in [0.15, 0.2) is 0 Å². The van der Waals surface area contributed by atoms with Gasteiger partial charge < -0.3 is 11.1 Å². The first-order valence-electron chi connectivity index (χ1n) is 5.11. The van der Waals surface area contributed by atoms with E-state index in [2.05, 4.69) is 11.2 Å². The third-order valence-electron chi connectivity index (χ3n) is 2.17. The van der Waals surface area contributed by atoms with Crippen molar-refractivity contribution in [2.24, 2.45) is 5.73 Å². The van der Waals surface area contributed by atoms with Crippen LogP contribution in [0.25, 0.3) is 0 Å². The zero-order valence-corrected chi connectivity index (χ0v) is 10.3. The van der Waals surface area contributed by atoms with Gasteiger partial charge in [0.1, 0.15) is 0 Å². The van der Waals surface area contributed by atoms with Gasteiger partial charge in [-0.05, 0) is 18.2 Å². The van der Waals surface area contributed by atoms with Crippen molar-refractivity contribution in [3.05, 3.63) is 28.8 Å². The molecule has 1 atom stereocenters. The topological polar surface area (TPSA) is 55.1 Å². The molecule has 1 unspecified atom stereocenters. The fourth-order valence-corrected chi connectivity index (χ4v) is 1.52. The SMILES string of the molecule is C#CCC(N)C(=O)Nc1cc(Cl)cc(C(F)(F)F)c1. The summed E-state index contributed by atoms with van der Waals surface area (Å²) in [6.45, 7) is 0. The zero-order chi connectivity index (χ0) is 14.6. The molecule has 0 aliphatic rings. The van der Waals surface area contributed by atoms with Crippen LogP contribution < -0.4 is 11.1 Å². The number of carbonyl (C=O) groups excluding carboxylic acids is 1. The monoisotopic (exact) mass is 290 g/mol. The van der Waals surface area contributed by atoms with Crippen LogP contribution in [0, 0.1) is 12.3 Å². The lowest BCUT2D eigenvalue weighted by Crippen LogP contribution is -2.35. The van der Waals surface area contributed by atoms with Crippen LogP contribution >= 0.6 is 11.6 Å². The molecule has 0 saturated heterocycles. The highest BCUT2D eigenvalue weighted by Gasteiger charge is 2.31. The molecule has 7 heteroatoms. The zero-order valence-electron chi connectivity index (χ0n) is 9.59. The normalized spacial score (nSPS) is 12.6. The highest BCUT2D eigenvalue weighted by molar-refractivity contribution is 6.31. The minimum atomic E-state index is -4.55. The summed E-state index contributed by atoms with van der Waals surface area (Å²) < 4.78 is 37.6. The van der Waals surface area contributed by atoms with Gasteiger partial charge in [-0.1, -0.05) is 11.6 Å². The number of hydrogen-bond donors (Lipinski definition) is 2. The second-order valence-electron chi connectivity index (χ2n) is 3.73. The molecule has 0 aliphatic carbocycles. The first kappa shape index (κ1) is 15.3. The number of amides is 1. The summed E-state index contributed by atoms with van der Waals surface area (Å²) in [7, 11) is 0. The summed E-state index contributed by atoms with van der Waals surface area (Å²) >= 11 is 5.57. The predicted molar refractivity (Wildman–Crippen MR) is 66.5 cm³/mol. The second-order valence-corrected chi connectivity index (χ2v) is 4.17. The Morgan fingerprint density at radius 2 is 2.11 bits per heavy atom. The van der Waals surface area contributed by atoms with E-state index < -0.39 is 23.7 Å². The fourth-order valence-electron chi connectivity index (χ4n) is 1.28. The minimum Gasteiger partial charge on any atom is -0.325 e. The third kappa shape index (κ3) is 4.47. The smallest absolute Gasteiger partial charge is 0.325 e. The standard InChI is InChI=1S/C12H10ClF3N2O/c1-2-3-10(17)11(19)18-9-5-7(12(14,15)16)4-8(13)6-9/h1,4-6,10H,3,17H2,(H,18,19). The van der Waals surface area contributed by atoms with Crippen molar-refractivity contribution >= 4 is 23.2 Å². The molecule has 102 valence electrons. The summed E-state index contributed by atoms with van der Waals surface area (Å²) in [6, 6.07) is 1.74. The largest absolute Gasteiger partial charge is 0.416 e. The van der Waals surface area contributed by atoms with E-state index in [-0.39, 0.29) is 17.1 Å². The Labute approximate surface area is 112 Å². The van der Waals surface area contributed by atoms with Gasteiger partial charge in [-0.2, -0.15) is 13.2 Å². The molecule has 0 saturated carbocycles. The highest BCUT2D eigenvalue weighted by atomic mass is 35.5. The molecule has 0 fully saturated rings. The van der Waals surface area contributed by atoms with E-state index in [0.29, 0.717) is 0 Å². The van der Waals surface area contributed by atoms with Crippen molar-refractivity contribution in [2.45, 2.75) is 18.6 Å². The number of hydrogen-bond acceptors (Lipinski definition) is 2. The number of rotatable bonds is 3. The minimum absolute atomic E-state index is 0.0154. The van der Waals surface area contributed by atoms with Crippen molar-refractivity contribution in [3.63, 3.8) is 0 Å². The number of carbonyl (C=O) groups is 1. The van der Waals surface area contributed by atoms with E-state index in [0.717, 1.165) is 12.1 Å². The van der Waals surface area contributed by atoms with Crippen LogP contribution in [0.1, 0.15) is 12.0 Å². The van der Waals surface area contributed by atoms with Gasteiger partial charge in [0.25, 0.3) is 0 Å². The number of nitrogens with one attached hydrogen (secondary N) is 1. The average Bonchev–Trinajstić information content (AvgIpc) is 2.27. The number of alkyl halides is 3. The first-order chi connectivity index (χ1) is 8.74. The molecule has 0 radical (unpaired) electrons. The maximum absolute atomic E-state index is 12.5. The Balaban J connectivity index is 2.94. The van der Waals surface area contributed by atoms with Crippen LogP contribution in [-0.4, -0.2) is 11.9 Å². The second kappa shape index (κ2) is 5.95. The van der Waals surface area contributed by atoms with Crippen LogP contribution in [0.5, 0.6) is 0 Å². The quantitative estimate of drug-likeness (QED) is 0.841. The molecule has 1 aromatic carbocycles. The van der Waals surface area contributed by atoms with Gasteiger partial charge in [0.05, 0.1) is 11.6 Å². The number of benzene rings is 1. The van der Waals surface area contributed by atoms with Gasteiger partial charge in [0.2, 0.25) is 5.91 Å². The molecule has 0 spiro atoms. The van der Waals surface area contributed by atoms with Crippen molar-refractivity contribution in [1.29, 1.82) is 0 Å². The van der Waals surface area contributed by atoms with Crippen molar-refractivity contribution in [3.8, 4) is 12.3 Å². The molecule has 1 rings (SSSR count). The molecule has 19 heavy (non-hydrogen) atoms. The van der Waals surface area contributed by atoms with Crippen LogP contribution in [-0.2, 0) is 11.0 Å². The van der Waals surface area contributed by atoms with Gasteiger partial charge >= 0.3 is 6.18 Å². The Morgan fingerprint density at radius 3 is 2.63 bits per heavy atom.